The molecule has 2 rings (SSSR count). The first-order valence-corrected chi connectivity index (χ1v) is 6.70. The number of aromatic nitrogens is 2. The molecule has 0 bridgehead atoms. The molecular weight excluding hydrogens is 286 g/mol. The molecule has 0 atom stereocenters. The van der Waals surface area contributed by atoms with E-state index in [9.17, 15) is 0 Å². The van der Waals surface area contributed by atoms with Crippen molar-refractivity contribution in [3.05, 3.63) is 39.3 Å². The quantitative estimate of drug-likeness (QED) is 0.939. The summed E-state index contributed by atoms with van der Waals surface area (Å²) in [6, 6.07) is 8.44. The Kier molecular flexibility index (Phi) is 3.90. The highest BCUT2D eigenvalue weighted by Gasteiger charge is 2.02. The number of halogens is 1. The lowest BCUT2D eigenvalue weighted by Gasteiger charge is -2.07. The molecule has 0 aliphatic carbocycles. The van der Waals surface area contributed by atoms with Crippen molar-refractivity contribution in [1.82, 2.24) is 10.2 Å². The topological polar surface area (TPSA) is 37.8 Å². The third-order valence-electron chi connectivity index (χ3n) is 2.33. The first kappa shape index (κ1) is 11.5. The minimum absolute atomic E-state index is 0.797. The number of aryl methyl sites for hydroxylation is 1. The Morgan fingerprint density at radius 1 is 1.25 bits per heavy atom. The Balaban J connectivity index is 2.04. The van der Waals surface area contributed by atoms with Gasteiger partial charge in [-0.15, -0.1) is 10.2 Å². The molecule has 0 unspecified atom stereocenters. The summed E-state index contributed by atoms with van der Waals surface area (Å²) in [6.45, 7) is 2.96. The van der Waals surface area contributed by atoms with E-state index in [1.807, 2.05) is 0 Å². The summed E-state index contributed by atoms with van der Waals surface area (Å²) < 4.78 is 0.804. The summed E-state index contributed by atoms with van der Waals surface area (Å²) in [5.74, 6) is 0. The zero-order valence-electron chi connectivity index (χ0n) is 8.90. The molecule has 16 heavy (non-hydrogen) atoms. The molecule has 1 heterocycles. The molecule has 3 nitrogen and oxygen atoms in total. The van der Waals surface area contributed by atoms with Crippen molar-refractivity contribution in [2.45, 2.75) is 19.9 Å². The maximum absolute atomic E-state index is 4.00. The molecule has 84 valence electrons. The van der Waals surface area contributed by atoms with Crippen molar-refractivity contribution in [1.29, 1.82) is 0 Å². The maximum Gasteiger partial charge on any atom is 0.206 e. The van der Waals surface area contributed by atoms with E-state index < -0.39 is 0 Å². The van der Waals surface area contributed by atoms with Crippen LogP contribution in [0.5, 0.6) is 0 Å². The second-order valence-corrected chi connectivity index (χ2v) is 5.59. The summed E-state index contributed by atoms with van der Waals surface area (Å²) in [6.07, 6.45) is 1.05. The molecule has 1 N–H and O–H groups in total. The predicted octanol–water partition coefficient (Wildman–Crippen LogP) is 3.48. The van der Waals surface area contributed by atoms with Gasteiger partial charge in [0, 0.05) is 6.54 Å². The summed E-state index contributed by atoms with van der Waals surface area (Å²) >= 11 is 4.80. The van der Waals surface area contributed by atoms with Gasteiger partial charge in [-0.2, -0.15) is 0 Å². The second kappa shape index (κ2) is 5.41. The van der Waals surface area contributed by atoms with Crippen LogP contribution in [0.1, 0.15) is 18.1 Å². The number of anilines is 1. The average Bonchev–Trinajstić information content (AvgIpc) is 2.73. The Labute approximate surface area is 107 Å². The molecule has 1 aromatic heterocycles. The van der Waals surface area contributed by atoms with Gasteiger partial charge in [0.05, 0.1) is 0 Å². The van der Waals surface area contributed by atoms with Crippen molar-refractivity contribution < 1.29 is 0 Å². The van der Waals surface area contributed by atoms with Crippen molar-refractivity contribution in [3.8, 4) is 0 Å². The van der Waals surface area contributed by atoms with Crippen molar-refractivity contribution in [2.24, 2.45) is 0 Å². The van der Waals surface area contributed by atoms with E-state index in [0.29, 0.717) is 0 Å². The molecule has 1 aromatic carbocycles. The number of hydrogen-bond donors (Lipinski definition) is 1. The highest BCUT2D eigenvalue weighted by atomic mass is 79.9. The van der Waals surface area contributed by atoms with E-state index in [-0.39, 0.29) is 0 Å². The first-order chi connectivity index (χ1) is 7.79. The monoisotopic (exact) mass is 297 g/mol. The Morgan fingerprint density at radius 2 is 2.00 bits per heavy atom. The lowest BCUT2D eigenvalue weighted by molar-refractivity contribution is 1.01. The van der Waals surface area contributed by atoms with Gasteiger partial charge in [0.2, 0.25) is 5.13 Å². The summed E-state index contributed by atoms with van der Waals surface area (Å²) in [4.78, 5) is 0. The lowest BCUT2D eigenvalue weighted by Crippen LogP contribution is -2.02. The molecule has 0 spiro atoms. The second-order valence-electron chi connectivity index (χ2n) is 3.34. The van der Waals surface area contributed by atoms with Crippen LogP contribution in [-0.4, -0.2) is 10.2 Å². The first-order valence-electron chi connectivity index (χ1n) is 5.09. The van der Waals surface area contributed by atoms with Crippen molar-refractivity contribution in [3.63, 3.8) is 0 Å². The molecule has 2 aromatic rings. The summed E-state index contributed by atoms with van der Waals surface area (Å²) in [7, 11) is 0. The standard InChI is InChI=1S/C11H12BrN3S/c1-2-8-5-3-4-6-9(8)7-13-11-15-14-10(12)16-11/h3-6H,2,7H2,1H3,(H,13,15). The van der Waals surface area contributed by atoms with Gasteiger partial charge in [-0.05, 0) is 33.5 Å². The predicted molar refractivity (Wildman–Crippen MR) is 70.8 cm³/mol. The van der Waals surface area contributed by atoms with E-state index in [0.717, 1.165) is 22.0 Å². The molecule has 0 radical (unpaired) electrons. The van der Waals surface area contributed by atoms with Crippen LogP contribution in [0, 0.1) is 0 Å². The molecule has 0 aliphatic heterocycles. The van der Waals surface area contributed by atoms with Crippen LogP contribution in [-0.2, 0) is 13.0 Å². The number of nitrogens with zero attached hydrogens (tertiary/aromatic N) is 2. The number of rotatable bonds is 4. The van der Waals surface area contributed by atoms with Crippen molar-refractivity contribution in [2.75, 3.05) is 5.32 Å². The fraction of sp³-hybridized carbons (Fsp3) is 0.273. The number of benzene rings is 1. The van der Waals surface area contributed by atoms with Gasteiger partial charge < -0.3 is 5.32 Å². The van der Waals surface area contributed by atoms with E-state index in [4.69, 9.17) is 0 Å². The number of hydrogen-bond acceptors (Lipinski definition) is 4. The largest absolute Gasteiger partial charge is 0.356 e. The fourth-order valence-corrected chi connectivity index (χ4v) is 2.53. The molecule has 0 saturated heterocycles. The molecule has 0 fully saturated rings. The third-order valence-corrected chi connectivity index (χ3v) is 3.64. The molecule has 0 saturated carbocycles. The van der Waals surface area contributed by atoms with Gasteiger partial charge in [-0.3, -0.25) is 0 Å². The summed E-state index contributed by atoms with van der Waals surface area (Å²) in [5, 5.41) is 12.0. The minimum atomic E-state index is 0.797. The van der Waals surface area contributed by atoms with E-state index in [2.05, 4.69) is 62.6 Å². The highest BCUT2D eigenvalue weighted by molar-refractivity contribution is 9.11. The van der Waals surface area contributed by atoms with Crippen LogP contribution in [0.3, 0.4) is 0 Å². The average molecular weight is 298 g/mol. The van der Waals surface area contributed by atoms with Gasteiger partial charge >= 0.3 is 0 Å². The zero-order chi connectivity index (χ0) is 11.4. The van der Waals surface area contributed by atoms with Crippen LogP contribution in [0.2, 0.25) is 0 Å². The van der Waals surface area contributed by atoms with Gasteiger partial charge in [-0.25, -0.2) is 0 Å². The highest BCUT2D eigenvalue weighted by Crippen LogP contribution is 2.21. The minimum Gasteiger partial charge on any atom is -0.356 e. The molecular formula is C11H12BrN3S. The van der Waals surface area contributed by atoms with Crippen LogP contribution < -0.4 is 5.32 Å². The van der Waals surface area contributed by atoms with E-state index >= 15 is 0 Å². The molecule has 0 amide bonds. The van der Waals surface area contributed by atoms with Gasteiger partial charge in [0.1, 0.15) is 0 Å². The van der Waals surface area contributed by atoms with Crippen LogP contribution in [0.15, 0.2) is 28.2 Å². The zero-order valence-corrected chi connectivity index (χ0v) is 11.3. The molecule has 0 aliphatic rings. The molecule has 5 heteroatoms. The van der Waals surface area contributed by atoms with Crippen LogP contribution in [0.25, 0.3) is 0 Å². The third kappa shape index (κ3) is 2.80. The van der Waals surface area contributed by atoms with Gasteiger partial charge in [-0.1, -0.05) is 42.5 Å². The fourth-order valence-electron chi connectivity index (χ4n) is 1.52. The Bertz CT molecular complexity index is 470. The Hall–Kier alpha value is -0.940. The van der Waals surface area contributed by atoms with Crippen LogP contribution >= 0.6 is 27.3 Å². The van der Waals surface area contributed by atoms with E-state index in [1.54, 1.807) is 0 Å². The smallest absolute Gasteiger partial charge is 0.206 e. The maximum atomic E-state index is 4.00. The Morgan fingerprint density at radius 3 is 2.62 bits per heavy atom. The van der Waals surface area contributed by atoms with Gasteiger partial charge in [0.15, 0.2) is 3.92 Å². The van der Waals surface area contributed by atoms with Crippen LogP contribution in [0.4, 0.5) is 5.13 Å². The number of nitrogens with one attached hydrogen (secondary N) is 1. The van der Waals surface area contributed by atoms with Crippen molar-refractivity contribution >= 4 is 32.4 Å². The van der Waals surface area contributed by atoms with Gasteiger partial charge in [0.25, 0.3) is 0 Å². The SMILES string of the molecule is CCc1ccccc1CNc1nnc(Br)s1. The lowest BCUT2D eigenvalue weighted by atomic mass is 10.1. The van der Waals surface area contributed by atoms with E-state index in [1.165, 1.54) is 22.5 Å². The normalized spacial score (nSPS) is 10.4. The summed E-state index contributed by atoms with van der Waals surface area (Å²) in [5.41, 5.74) is 2.69.